The molecule has 0 bridgehead atoms. The second-order valence-electron chi connectivity index (χ2n) is 3.54. The zero-order chi connectivity index (χ0) is 14.1. The van der Waals surface area contributed by atoms with E-state index in [1.54, 1.807) is 0 Å². The number of nitrogens with zero attached hydrogens (tertiary/aromatic N) is 1. The lowest BCUT2D eigenvalue weighted by Crippen LogP contribution is -2.20. The normalized spacial score (nSPS) is 10.7. The SMILES string of the molecule is COC(=O)C/C(=N\OCc1ccccc1)C(=O)OC. The molecule has 0 heterocycles. The average Bonchev–Trinajstić information content (AvgIpc) is 2.46. The fraction of sp³-hybridized carbons (Fsp3) is 0.308. The summed E-state index contributed by atoms with van der Waals surface area (Å²) >= 11 is 0. The summed E-state index contributed by atoms with van der Waals surface area (Å²) in [6.45, 7) is 0.197. The molecule has 0 fully saturated rings. The van der Waals surface area contributed by atoms with Gasteiger partial charge in [0.15, 0.2) is 5.71 Å². The largest absolute Gasteiger partial charge is 0.469 e. The van der Waals surface area contributed by atoms with Crippen molar-refractivity contribution in [1.29, 1.82) is 0 Å². The second-order valence-corrected chi connectivity index (χ2v) is 3.54. The smallest absolute Gasteiger partial charge is 0.356 e. The van der Waals surface area contributed by atoms with Crippen LogP contribution in [0.3, 0.4) is 0 Å². The van der Waals surface area contributed by atoms with Crippen LogP contribution in [-0.4, -0.2) is 31.9 Å². The third-order valence-electron chi connectivity index (χ3n) is 2.21. The molecule has 1 aromatic carbocycles. The van der Waals surface area contributed by atoms with E-state index in [-0.39, 0.29) is 18.7 Å². The molecule has 0 radical (unpaired) electrons. The highest BCUT2D eigenvalue weighted by Gasteiger charge is 2.17. The molecule has 0 spiro atoms. The summed E-state index contributed by atoms with van der Waals surface area (Å²) in [5.74, 6) is -1.31. The fourth-order valence-corrected chi connectivity index (χ4v) is 1.23. The third kappa shape index (κ3) is 5.20. The molecule has 0 atom stereocenters. The summed E-state index contributed by atoms with van der Waals surface area (Å²) in [5.41, 5.74) is 0.763. The summed E-state index contributed by atoms with van der Waals surface area (Å²) in [6, 6.07) is 9.31. The zero-order valence-electron chi connectivity index (χ0n) is 10.8. The molecule has 0 aromatic heterocycles. The van der Waals surface area contributed by atoms with E-state index >= 15 is 0 Å². The Labute approximate surface area is 110 Å². The van der Waals surface area contributed by atoms with Crippen LogP contribution in [0.1, 0.15) is 12.0 Å². The highest BCUT2D eigenvalue weighted by molar-refractivity contribution is 6.39. The van der Waals surface area contributed by atoms with Crippen LogP contribution >= 0.6 is 0 Å². The Kier molecular flexibility index (Phi) is 6.08. The maximum atomic E-state index is 11.4. The number of hydrogen-bond acceptors (Lipinski definition) is 6. The van der Waals surface area contributed by atoms with Crippen molar-refractivity contribution in [2.24, 2.45) is 5.16 Å². The van der Waals surface area contributed by atoms with Crippen LogP contribution in [0.5, 0.6) is 0 Å². The summed E-state index contributed by atoms with van der Waals surface area (Å²) < 4.78 is 8.96. The van der Waals surface area contributed by atoms with Crippen LogP contribution in [0.15, 0.2) is 35.5 Å². The lowest BCUT2D eigenvalue weighted by atomic mass is 10.2. The van der Waals surface area contributed by atoms with Crippen molar-refractivity contribution in [3.63, 3.8) is 0 Å². The van der Waals surface area contributed by atoms with Crippen LogP contribution in [-0.2, 0) is 30.5 Å². The van der Waals surface area contributed by atoms with E-state index in [4.69, 9.17) is 4.84 Å². The Morgan fingerprint density at radius 2 is 1.79 bits per heavy atom. The molecule has 0 amide bonds. The number of hydrogen-bond donors (Lipinski definition) is 0. The first-order valence-electron chi connectivity index (χ1n) is 5.55. The van der Waals surface area contributed by atoms with E-state index < -0.39 is 11.9 Å². The van der Waals surface area contributed by atoms with Gasteiger partial charge in [-0.2, -0.15) is 0 Å². The molecule has 0 aliphatic carbocycles. The predicted octanol–water partition coefficient (Wildman–Crippen LogP) is 1.30. The average molecular weight is 265 g/mol. The number of rotatable bonds is 6. The van der Waals surface area contributed by atoms with Gasteiger partial charge in [0.25, 0.3) is 0 Å². The quantitative estimate of drug-likeness (QED) is 0.440. The van der Waals surface area contributed by atoms with Crippen molar-refractivity contribution in [3.05, 3.63) is 35.9 Å². The van der Waals surface area contributed by atoms with Gasteiger partial charge in [-0.05, 0) is 5.56 Å². The molecule has 19 heavy (non-hydrogen) atoms. The van der Waals surface area contributed by atoms with Crippen molar-refractivity contribution in [2.45, 2.75) is 13.0 Å². The molecule has 0 aliphatic heterocycles. The minimum Gasteiger partial charge on any atom is -0.469 e. The summed E-state index contributed by atoms with van der Waals surface area (Å²) in [5, 5.41) is 3.62. The maximum absolute atomic E-state index is 11.4. The van der Waals surface area contributed by atoms with Crippen LogP contribution in [0.25, 0.3) is 0 Å². The first-order chi connectivity index (χ1) is 9.17. The summed E-state index contributed by atoms with van der Waals surface area (Å²) in [6.07, 6.45) is -0.294. The Morgan fingerprint density at radius 1 is 1.11 bits per heavy atom. The van der Waals surface area contributed by atoms with Crippen molar-refractivity contribution in [1.82, 2.24) is 0 Å². The number of carbonyl (C=O) groups excluding carboxylic acids is 2. The Hall–Kier alpha value is -2.37. The minimum absolute atomic E-state index is 0.134. The van der Waals surface area contributed by atoms with Gasteiger partial charge in [-0.15, -0.1) is 0 Å². The number of oxime groups is 1. The number of methoxy groups -OCH3 is 2. The second kappa shape index (κ2) is 7.86. The van der Waals surface area contributed by atoms with Crippen LogP contribution < -0.4 is 0 Å². The molecule has 6 nitrogen and oxygen atoms in total. The molecule has 6 heteroatoms. The molecule has 1 aromatic rings. The van der Waals surface area contributed by atoms with Gasteiger partial charge in [0, 0.05) is 0 Å². The Balaban J connectivity index is 2.61. The maximum Gasteiger partial charge on any atom is 0.356 e. The van der Waals surface area contributed by atoms with E-state index in [1.807, 2.05) is 30.3 Å². The molecule has 0 saturated carbocycles. The van der Waals surface area contributed by atoms with Crippen LogP contribution in [0.2, 0.25) is 0 Å². The van der Waals surface area contributed by atoms with E-state index in [0.29, 0.717) is 0 Å². The Bertz CT molecular complexity index is 455. The van der Waals surface area contributed by atoms with E-state index in [1.165, 1.54) is 14.2 Å². The highest BCUT2D eigenvalue weighted by Crippen LogP contribution is 2.02. The van der Waals surface area contributed by atoms with Gasteiger partial charge in [0.2, 0.25) is 0 Å². The first kappa shape index (κ1) is 14.7. The lowest BCUT2D eigenvalue weighted by molar-refractivity contribution is -0.140. The molecule has 0 aliphatic rings. The predicted molar refractivity (Wildman–Crippen MR) is 67.3 cm³/mol. The minimum atomic E-state index is -0.724. The number of ether oxygens (including phenoxy) is 2. The highest BCUT2D eigenvalue weighted by atomic mass is 16.6. The van der Waals surface area contributed by atoms with Gasteiger partial charge in [-0.25, -0.2) is 4.79 Å². The van der Waals surface area contributed by atoms with Crippen LogP contribution in [0.4, 0.5) is 0 Å². The van der Waals surface area contributed by atoms with E-state index in [2.05, 4.69) is 14.6 Å². The Morgan fingerprint density at radius 3 is 2.37 bits per heavy atom. The van der Waals surface area contributed by atoms with Gasteiger partial charge in [-0.1, -0.05) is 35.5 Å². The molecule has 0 saturated heterocycles. The van der Waals surface area contributed by atoms with Gasteiger partial charge >= 0.3 is 11.9 Å². The molecule has 102 valence electrons. The fourth-order valence-electron chi connectivity index (χ4n) is 1.23. The third-order valence-corrected chi connectivity index (χ3v) is 2.21. The monoisotopic (exact) mass is 265 g/mol. The van der Waals surface area contributed by atoms with E-state index in [9.17, 15) is 9.59 Å². The molecule has 0 N–H and O–H groups in total. The van der Waals surface area contributed by atoms with E-state index in [0.717, 1.165) is 5.56 Å². The van der Waals surface area contributed by atoms with Gasteiger partial charge < -0.3 is 14.3 Å². The topological polar surface area (TPSA) is 74.2 Å². The van der Waals surface area contributed by atoms with Crippen molar-refractivity contribution < 1.29 is 23.9 Å². The molecular weight excluding hydrogens is 250 g/mol. The van der Waals surface area contributed by atoms with Crippen molar-refractivity contribution in [3.8, 4) is 0 Å². The standard InChI is InChI=1S/C13H15NO5/c1-17-12(15)8-11(13(16)18-2)14-19-9-10-6-4-3-5-7-10/h3-7H,8-9H2,1-2H3/b14-11+. The van der Waals surface area contributed by atoms with Gasteiger partial charge in [0.1, 0.15) is 6.61 Å². The van der Waals surface area contributed by atoms with Gasteiger partial charge in [0.05, 0.1) is 20.6 Å². The lowest BCUT2D eigenvalue weighted by Gasteiger charge is -2.04. The summed E-state index contributed by atoms with van der Waals surface area (Å²) in [4.78, 5) is 27.5. The van der Waals surface area contributed by atoms with Crippen molar-refractivity contribution >= 4 is 17.7 Å². The first-order valence-corrected chi connectivity index (χ1v) is 5.55. The number of carbonyl (C=O) groups is 2. The number of benzene rings is 1. The zero-order valence-corrected chi connectivity index (χ0v) is 10.8. The molecule has 0 unspecified atom stereocenters. The molecular formula is C13H15NO5. The van der Waals surface area contributed by atoms with Gasteiger partial charge in [-0.3, -0.25) is 4.79 Å². The summed E-state index contributed by atoms with van der Waals surface area (Å²) in [7, 11) is 2.42. The van der Waals surface area contributed by atoms with Crippen LogP contribution in [0, 0.1) is 0 Å². The van der Waals surface area contributed by atoms with Crippen molar-refractivity contribution in [2.75, 3.05) is 14.2 Å². The molecule has 1 rings (SSSR count). The number of esters is 2.